The van der Waals surface area contributed by atoms with E-state index in [9.17, 15) is 0 Å². The van der Waals surface area contributed by atoms with Crippen LogP contribution in [0.4, 0.5) is 0 Å². The van der Waals surface area contributed by atoms with Gasteiger partial charge >= 0.3 is 0 Å². The highest BCUT2D eigenvalue weighted by atomic mass is 16.5. The van der Waals surface area contributed by atoms with Gasteiger partial charge in [-0.2, -0.15) is 0 Å². The van der Waals surface area contributed by atoms with Crippen LogP contribution < -0.4 is 0 Å². The Balaban J connectivity index is 4.97. The fourth-order valence-corrected chi connectivity index (χ4v) is 3.74. The first-order valence-electron chi connectivity index (χ1n) is 10.6. The Bertz CT molecular complexity index is 235. The van der Waals surface area contributed by atoms with Crippen molar-refractivity contribution in [2.75, 3.05) is 65.6 Å². The zero-order valence-corrected chi connectivity index (χ0v) is 18.4. The lowest BCUT2D eigenvalue weighted by atomic mass is 10.3. The van der Waals surface area contributed by atoms with E-state index < -0.39 is 0 Å². The molecule has 5 heteroatoms. The highest BCUT2D eigenvalue weighted by Gasteiger charge is 2.25. The van der Waals surface area contributed by atoms with Crippen molar-refractivity contribution in [1.29, 1.82) is 0 Å². The summed E-state index contributed by atoms with van der Waals surface area (Å²) in [6, 6.07) is 0. The van der Waals surface area contributed by atoms with Gasteiger partial charge in [-0.15, -0.1) is 0 Å². The van der Waals surface area contributed by atoms with Crippen molar-refractivity contribution in [3.05, 3.63) is 0 Å². The average molecular weight is 359 g/mol. The van der Waals surface area contributed by atoms with E-state index in [0.29, 0.717) is 12.3 Å². The molecule has 0 spiro atoms. The zero-order valence-electron chi connectivity index (χ0n) is 18.4. The van der Waals surface area contributed by atoms with Crippen LogP contribution in [0.1, 0.15) is 55.4 Å². The van der Waals surface area contributed by atoms with Gasteiger partial charge in [0.2, 0.25) is 0 Å². The van der Waals surface area contributed by atoms with Crippen LogP contribution in [0.5, 0.6) is 0 Å². The SMILES string of the molecule is CCN(CC)C(COCC(N(CC)CC)N(CC)CC)N(CC)CC. The van der Waals surface area contributed by atoms with Gasteiger partial charge in [0.05, 0.1) is 25.5 Å². The Morgan fingerprint density at radius 2 is 0.640 bits per heavy atom. The van der Waals surface area contributed by atoms with Crippen LogP contribution in [-0.2, 0) is 4.74 Å². The van der Waals surface area contributed by atoms with Crippen LogP contribution >= 0.6 is 0 Å². The van der Waals surface area contributed by atoms with Gasteiger partial charge in [0.25, 0.3) is 0 Å². The lowest BCUT2D eigenvalue weighted by molar-refractivity contribution is -0.0606. The molecule has 0 aliphatic heterocycles. The fraction of sp³-hybridized carbons (Fsp3) is 1.00. The molecule has 25 heavy (non-hydrogen) atoms. The molecule has 0 aliphatic carbocycles. The Labute approximate surface area is 158 Å². The molecule has 0 saturated carbocycles. The van der Waals surface area contributed by atoms with Crippen LogP contribution in [0, 0.1) is 0 Å². The van der Waals surface area contributed by atoms with Crippen LogP contribution in [0.25, 0.3) is 0 Å². The maximum atomic E-state index is 6.33. The Morgan fingerprint density at radius 3 is 0.800 bits per heavy atom. The molecule has 0 saturated heterocycles. The number of likely N-dealkylation sites (N-methyl/N-ethyl adjacent to an activating group) is 4. The van der Waals surface area contributed by atoms with Crippen molar-refractivity contribution < 1.29 is 4.74 Å². The summed E-state index contributed by atoms with van der Waals surface area (Å²) in [4.78, 5) is 10.0. The molecule has 0 bridgehead atoms. The molecular formula is C20H46N4O. The second-order valence-corrected chi connectivity index (χ2v) is 6.38. The normalized spacial score (nSPS) is 12.7. The van der Waals surface area contributed by atoms with E-state index in [0.717, 1.165) is 65.6 Å². The number of ether oxygens (including phenoxy) is 1. The molecule has 0 rings (SSSR count). The van der Waals surface area contributed by atoms with E-state index in [1.807, 2.05) is 0 Å². The van der Waals surface area contributed by atoms with Gasteiger partial charge in [-0.1, -0.05) is 55.4 Å². The lowest BCUT2D eigenvalue weighted by Gasteiger charge is -2.40. The fourth-order valence-electron chi connectivity index (χ4n) is 3.74. The topological polar surface area (TPSA) is 22.2 Å². The third-order valence-electron chi connectivity index (χ3n) is 5.47. The van der Waals surface area contributed by atoms with E-state index in [4.69, 9.17) is 4.74 Å². The molecule has 0 aromatic rings. The summed E-state index contributed by atoms with van der Waals surface area (Å²) < 4.78 is 6.33. The summed E-state index contributed by atoms with van der Waals surface area (Å²) in [6.45, 7) is 28.0. The summed E-state index contributed by atoms with van der Waals surface area (Å²) in [5.74, 6) is 0. The van der Waals surface area contributed by atoms with Crippen molar-refractivity contribution in [3.8, 4) is 0 Å². The molecule has 0 heterocycles. The summed E-state index contributed by atoms with van der Waals surface area (Å²) in [6.07, 6.45) is 0.748. The van der Waals surface area contributed by atoms with Crippen LogP contribution in [-0.4, -0.2) is 97.5 Å². The lowest BCUT2D eigenvalue weighted by Crippen LogP contribution is -2.53. The van der Waals surface area contributed by atoms with Crippen LogP contribution in [0.2, 0.25) is 0 Å². The standard InChI is InChI=1S/C20H46N4O/c1-9-21(10-2)19(22(11-3)12-4)17-25-18-20(23(13-5)14-6)24(15-7)16-8/h19-20H,9-18H2,1-8H3. The van der Waals surface area contributed by atoms with E-state index in [1.165, 1.54) is 0 Å². The molecule has 0 atom stereocenters. The molecule has 0 unspecified atom stereocenters. The van der Waals surface area contributed by atoms with Crippen molar-refractivity contribution in [3.63, 3.8) is 0 Å². The molecule has 0 fully saturated rings. The van der Waals surface area contributed by atoms with Gasteiger partial charge in [-0.25, -0.2) is 0 Å². The molecule has 152 valence electrons. The predicted molar refractivity (Wildman–Crippen MR) is 110 cm³/mol. The second kappa shape index (κ2) is 14.9. The molecule has 0 N–H and O–H groups in total. The highest BCUT2D eigenvalue weighted by molar-refractivity contribution is 4.74. The minimum absolute atomic E-state index is 0.374. The van der Waals surface area contributed by atoms with Crippen molar-refractivity contribution in [1.82, 2.24) is 19.6 Å². The molecule has 0 aromatic carbocycles. The third kappa shape index (κ3) is 7.92. The van der Waals surface area contributed by atoms with Gasteiger partial charge in [-0.05, 0) is 52.4 Å². The first kappa shape index (κ1) is 24.8. The summed E-state index contributed by atoms with van der Waals surface area (Å²) in [7, 11) is 0. The predicted octanol–water partition coefficient (Wildman–Crippen LogP) is 3.02. The first-order chi connectivity index (χ1) is 12.1. The molecule has 0 aromatic heterocycles. The van der Waals surface area contributed by atoms with Crippen molar-refractivity contribution >= 4 is 0 Å². The van der Waals surface area contributed by atoms with Crippen molar-refractivity contribution in [2.24, 2.45) is 0 Å². The maximum Gasteiger partial charge on any atom is 0.0863 e. The van der Waals surface area contributed by atoms with Crippen molar-refractivity contribution in [2.45, 2.75) is 67.7 Å². The smallest absolute Gasteiger partial charge is 0.0863 e. The molecule has 5 nitrogen and oxygen atoms in total. The Kier molecular flexibility index (Phi) is 14.8. The van der Waals surface area contributed by atoms with Gasteiger partial charge in [-0.3, -0.25) is 19.6 Å². The third-order valence-corrected chi connectivity index (χ3v) is 5.47. The van der Waals surface area contributed by atoms with E-state index in [2.05, 4.69) is 75.0 Å². The monoisotopic (exact) mass is 358 g/mol. The number of rotatable bonds is 16. The first-order valence-corrected chi connectivity index (χ1v) is 10.6. The van der Waals surface area contributed by atoms with Crippen LogP contribution in [0.3, 0.4) is 0 Å². The van der Waals surface area contributed by atoms with Gasteiger partial charge in [0, 0.05) is 0 Å². The van der Waals surface area contributed by atoms with E-state index in [1.54, 1.807) is 0 Å². The van der Waals surface area contributed by atoms with Gasteiger partial charge < -0.3 is 4.74 Å². The van der Waals surface area contributed by atoms with E-state index >= 15 is 0 Å². The number of nitrogens with zero attached hydrogens (tertiary/aromatic N) is 4. The van der Waals surface area contributed by atoms with Crippen LogP contribution in [0.15, 0.2) is 0 Å². The second-order valence-electron chi connectivity index (χ2n) is 6.38. The molecule has 0 aliphatic rings. The van der Waals surface area contributed by atoms with Gasteiger partial charge in [0.1, 0.15) is 0 Å². The summed E-state index contributed by atoms with van der Waals surface area (Å²) in [5, 5.41) is 0. The minimum atomic E-state index is 0.374. The number of hydrogen-bond acceptors (Lipinski definition) is 5. The minimum Gasteiger partial charge on any atom is -0.375 e. The quantitative estimate of drug-likeness (QED) is 0.395. The number of hydrogen-bond donors (Lipinski definition) is 0. The average Bonchev–Trinajstić information content (AvgIpc) is 2.64. The maximum absolute atomic E-state index is 6.33. The Hall–Kier alpha value is -0.200. The zero-order chi connectivity index (χ0) is 19.2. The largest absolute Gasteiger partial charge is 0.375 e. The molecular weight excluding hydrogens is 312 g/mol. The summed E-state index contributed by atoms with van der Waals surface area (Å²) >= 11 is 0. The van der Waals surface area contributed by atoms with Gasteiger partial charge in [0.15, 0.2) is 0 Å². The molecule has 0 amide bonds. The Morgan fingerprint density at radius 1 is 0.440 bits per heavy atom. The van der Waals surface area contributed by atoms with E-state index in [-0.39, 0.29) is 0 Å². The molecule has 0 radical (unpaired) electrons. The summed E-state index contributed by atoms with van der Waals surface area (Å²) in [5.41, 5.74) is 0. The highest BCUT2D eigenvalue weighted by Crippen LogP contribution is 2.11.